The van der Waals surface area contributed by atoms with Gasteiger partial charge in [0.05, 0.1) is 84.0 Å². The molecule has 1 aliphatic rings. The fourth-order valence-corrected chi connectivity index (χ4v) is 7.99. The van der Waals surface area contributed by atoms with E-state index >= 15 is 0 Å². The van der Waals surface area contributed by atoms with Crippen molar-refractivity contribution in [2.45, 2.75) is 30.9 Å². The highest BCUT2D eigenvalue weighted by Gasteiger charge is 2.34. The minimum Gasteiger partial charge on any atom is -0.248 e. The van der Waals surface area contributed by atoms with Crippen LogP contribution in [0.2, 0.25) is 0 Å². The van der Waals surface area contributed by atoms with Crippen LogP contribution in [-0.4, -0.2) is 29.9 Å². The number of nitrogens with zero attached hydrogens (tertiary/aromatic N) is 6. The van der Waals surface area contributed by atoms with Crippen molar-refractivity contribution in [3.8, 4) is 56.3 Å². The SMILES string of the molecule is FC(F)(F)c1ccc2nc(-c3cc(-c4nc5ccc(C(F)(F)F)cc5nc4-c4ccccc4)cc(-c4nc5ccc(C(F)(F)F)cc5nc4C4C=CC=CC4)c3)c(-c3ccccc3)nc2c1. The van der Waals surface area contributed by atoms with Crippen LogP contribution in [-0.2, 0) is 18.5 Å². The monoisotopic (exact) mass is 896 g/mol. The second-order valence-electron chi connectivity index (χ2n) is 15.6. The quantitative estimate of drug-likeness (QED) is 0.155. The normalized spacial score (nSPS) is 14.4. The zero-order valence-corrected chi connectivity index (χ0v) is 33.9. The first-order chi connectivity index (χ1) is 31.6. The lowest BCUT2D eigenvalue weighted by molar-refractivity contribution is -0.138. The van der Waals surface area contributed by atoms with Gasteiger partial charge in [0.1, 0.15) is 0 Å². The van der Waals surface area contributed by atoms with E-state index in [0.717, 1.165) is 36.4 Å². The van der Waals surface area contributed by atoms with Gasteiger partial charge in [-0.1, -0.05) is 85.0 Å². The number of halogens is 9. The highest BCUT2D eigenvalue weighted by molar-refractivity contribution is 5.93. The fourth-order valence-electron chi connectivity index (χ4n) is 7.99. The number of hydrogen-bond acceptors (Lipinski definition) is 6. The molecule has 1 aliphatic carbocycles. The molecule has 1 atom stereocenters. The van der Waals surface area contributed by atoms with Crippen LogP contribution < -0.4 is 0 Å². The van der Waals surface area contributed by atoms with Crippen LogP contribution in [0.1, 0.15) is 34.7 Å². The summed E-state index contributed by atoms with van der Waals surface area (Å²) in [6.07, 6.45) is -6.12. The number of alkyl halides is 9. The van der Waals surface area contributed by atoms with Gasteiger partial charge in [0.2, 0.25) is 0 Å². The molecule has 66 heavy (non-hydrogen) atoms. The third-order valence-electron chi connectivity index (χ3n) is 11.2. The van der Waals surface area contributed by atoms with Crippen molar-refractivity contribution < 1.29 is 39.5 Å². The number of fused-ring (bicyclic) bond motifs is 3. The number of rotatable bonds is 6. The molecule has 0 saturated heterocycles. The number of benzene rings is 6. The molecule has 1 unspecified atom stereocenters. The smallest absolute Gasteiger partial charge is 0.248 e. The maximum absolute atomic E-state index is 14.0. The van der Waals surface area contributed by atoms with E-state index in [1.54, 1.807) is 84.9 Å². The summed E-state index contributed by atoms with van der Waals surface area (Å²) in [6.45, 7) is 0. The molecule has 0 aliphatic heterocycles. The van der Waals surface area contributed by atoms with Gasteiger partial charge in [0.15, 0.2) is 0 Å². The Hall–Kier alpha value is -7.81. The highest BCUT2D eigenvalue weighted by Crippen LogP contribution is 2.43. The Bertz CT molecular complexity index is 3260. The minimum absolute atomic E-state index is 0.0119. The topological polar surface area (TPSA) is 77.3 Å². The van der Waals surface area contributed by atoms with Gasteiger partial charge in [-0.2, -0.15) is 39.5 Å². The molecule has 0 spiro atoms. The molecule has 0 amide bonds. The van der Waals surface area contributed by atoms with Crippen LogP contribution in [0.25, 0.3) is 89.4 Å². The Morgan fingerprint density at radius 1 is 0.348 bits per heavy atom. The fraction of sp³-hybridized carbons (Fsp3) is 0.0980. The zero-order valence-electron chi connectivity index (χ0n) is 33.9. The van der Waals surface area contributed by atoms with Gasteiger partial charge in [-0.05, 0) is 79.2 Å². The van der Waals surface area contributed by atoms with Gasteiger partial charge in [-0.3, -0.25) is 0 Å². The molecule has 10 rings (SSSR count). The minimum atomic E-state index is -4.66. The number of hydrogen-bond donors (Lipinski definition) is 0. The summed E-state index contributed by atoms with van der Waals surface area (Å²) < 4.78 is 126. The maximum Gasteiger partial charge on any atom is 0.416 e. The third-order valence-corrected chi connectivity index (χ3v) is 11.2. The summed E-state index contributed by atoms with van der Waals surface area (Å²) in [5.74, 6) is -0.435. The molecule has 15 heteroatoms. The first kappa shape index (κ1) is 42.2. The molecule has 0 N–H and O–H groups in total. The molecule has 0 fully saturated rings. The van der Waals surface area contributed by atoms with Crippen LogP contribution in [0.3, 0.4) is 0 Å². The van der Waals surface area contributed by atoms with Gasteiger partial charge in [-0.25, -0.2) is 29.9 Å². The van der Waals surface area contributed by atoms with Gasteiger partial charge >= 0.3 is 18.5 Å². The summed E-state index contributed by atoms with van der Waals surface area (Å²) in [5, 5.41) is 0. The summed E-state index contributed by atoms with van der Waals surface area (Å²) in [6, 6.07) is 31.9. The van der Waals surface area contributed by atoms with Crippen molar-refractivity contribution in [3.63, 3.8) is 0 Å². The number of allylic oxidation sites excluding steroid dienone is 4. The van der Waals surface area contributed by atoms with Crippen molar-refractivity contribution in [1.82, 2.24) is 29.9 Å². The first-order valence-corrected chi connectivity index (χ1v) is 20.3. The van der Waals surface area contributed by atoms with Crippen LogP contribution in [0.15, 0.2) is 158 Å². The molecule has 326 valence electrons. The summed E-state index contributed by atoms with van der Waals surface area (Å²) >= 11 is 0. The predicted octanol–water partition coefficient (Wildman–Crippen LogP) is 14.5. The Balaban J connectivity index is 1.30. The lowest BCUT2D eigenvalue weighted by atomic mass is 9.90. The van der Waals surface area contributed by atoms with Gasteiger partial charge in [-0.15, -0.1) is 0 Å². The molecule has 6 nitrogen and oxygen atoms in total. The average Bonchev–Trinajstić information content (AvgIpc) is 3.32. The Morgan fingerprint density at radius 3 is 1.11 bits per heavy atom. The van der Waals surface area contributed by atoms with E-state index < -0.39 is 41.1 Å². The number of aromatic nitrogens is 6. The lowest BCUT2D eigenvalue weighted by Gasteiger charge is -2.20. The van der Waals surface area contributed by atoms with E-state index in [-0.39, 0.29) is 55.9 Å². The molecular weight excluding hydrogens is 868 g/mol. The van der Waals surface area contributed by atoms with Crippen LogP contribution in [0.4, 0.5) is 39.5 Å². The Morgan fingerprint density at radius 2 is 0.712 bits per heavy atom. The lowest BCUT2D eigenvalue weighted by Crippen LogP contribution is -2.08. The van der Waals surface area contributed by atoms with Crippen molar-refractivity contribution >= 4 is 33.1 Å². The van der Waals surface area contributed by atoms with E-state index in [1.165, 1.54) is 18.2 Å². The molecule has 0 saturated carbocycles. The predicted molar refractivity (Wildman–Crippen MR) is 234 cm³/mol. The van der Waals surface area contributed by atoms with Crippen LogP contribution in [0.5, 0.6) is 0 Å². The van der Waals surface area contributed by atoms with E-state index in [2.05, 4.69) is 0 Å². The zero-order chi connectivity index (χ0) is 46.0. The largest absolute Gasteiger partial charge is 0.416 e. The molecule has 0 radical (unpaired) electrons. The second-order valence-corrected chi connectivity index (χ2v) is 15.6. The van der Waals surface area contributed by atoms with Crippen molar-refractivity contribution in [3.05, 3.63) is 180 Å². The van der Waals surface area contributed by atoms with Crippen LogP contribution in [0, 0.1) is 0 Å². The van der Waals surface area contributed by atoms with Crippen molar-refractivity contribution in [1.29, 1.82) is 0 Å². The summed E-state index contributed by atoms with van der Waals surface area (Å²) in [7, 11) is 0. The average molecular weight is 897 g/mol. The molecular formula is C51H29F9N6. The van der Waals surface area contributed by atoms with E-state index in [4.69, 9.17) is 29.9 Å². The van der Waals surface area contributed by atoms with Crippen LogP contribution >= 0.6 is 0 Å². The summed E-state index contributed by atoms with van der Waals surface area (Å²) in [5.41, 5.74) is 1.47. The van der Waals surface area contributed by atoms with Gasteiger partial charge < -0.3 is 0 Å². The second kappa shape index (κ2) is 16.0. The molecule has 3 heterocycles. The third kappa shape index (κ3) is 8.12. The van der Waals surface area contributed by atoms with Gasteiger partial charge in [0, 0.05) is 33.7 Å². The Kier molecular flexibility index (Phi) is 10.2. The molecule has 0 bridgehead atoms. The Labute approximate surface area is 368 Å². The standard InChI is InChI=1S/C51H29F9N6/c52-49(53,54)34-16-19-37-40(25-34)64-43(28-10-4-1-5-11-28)46(61-37)31-22-32(47-44(29-12-6-2-7-13-29)65-41-26-35(50(55,56)57)17-20-38(41)62-47)24-33(23-31)48-45(30-14-8-3-9-15-30)66-42-27-36(51(58,59)60)18-21-39(42)63-48/h1-14,16-27,30H,15H2. The highest BCUT2D eigenvalue weighted by atomic mass is 19.4. The van der Waals surface area contributed by atoms with E-state index in [1.807, 2.05) is 18.2 Å². The van der Waals surface area contributed by atoms with Crippen molar-refractivity contribution in [2.75, 3.05) is 0 Å². The summed E-state index contributed by atoms with van der Waals surface area (Å²) in [4.78, 5) is 29.2. The molecule has 3 aromatic heterocycles. The van der Waals surface area contributed by atoms with E-state index in [0.29, 0.717) is 45.6 Å². The van der Waals surface area contributed by atoms with Gasteiger partial charge in [0.25, 0.3) is 0 Å². The molecule has 6 aromatic carbocycles. The maximum atomic E-state index is 14.0. The molecule has 9 aromatic rings. The first-order valence-electron chi connectivity index (χ1n) is 20.3. The van der Waals surface area contributed by atoms with E-state index in [9.17, 15) is 39.5 Å². The van der Waals surface area contributed by atoms with Crippen molar-refractivity contribution in [2.24, 2.45) is 0 Å².